The van der Waals surface area contributed by atoms with Crippen molar-refractivity contribution in [2.24, 2.45) is 7.05 Å². The molecule has 0 radical (unpaired) electrons. The van der Waals surface area contributed by atoms with E-state index >= 15 is 0 Å². The fraction of sp³-hybridized carbons (Fsp3) is 0.267. The number of hydrogen-bond donors (Lipinski definition) is 1. The van der Waals surface area contributed by atoms with E-state index in [4.69, 9.17) is 5.11 Å². The zero-order valence-corrected chi connectivity index (χ0v) is 12.3. The first-order valence-corrected chi connectivity index (χ1v) is 6.53. The molecule has 0 atom stereocenters. The molecule has 0 aliphatic heterocycles. The van der Waals surface area contributed by atoms with Crippen molar-refractivity contribution in [1.29, 1.82) is 0 Å². The molecule has 2 rings (SSSR count). The van der Waals surface area contributed by atoms with Crippen molar-refractivity contribution in [2.75, 3.05) is 11.9 Å². The van der Waals surface area contributed by atoms with Crippen LogP contribution < -0.4 is 4.90 Å². The van der Waals surface area contributed by atoms with Gasteiger partial charge in [0.2, 0.25) is 0 Å². The summed E-state index contributed by atoms with van der Waals surface area (Å²) in [6.07, 6.45) is 6.22. The zero-order chi connectivity index (χ0) is 15.4. The van der Waals surface area contributed by atoms with Gasteiger partial charge >= 0.3 is 5.97 Å². The van der Waals surface area contributed by atoms with Gasteiger partial charge in [-0.25, -0.2) is 4.79 Å². The molecule has 0 fully saturated rings. The normalized spacial score (nSPS) is 11.0. The minimum Gasteiger partial charge on any atom is -0.478 e. The highest BCUT2D eigenvalue weighted by molar-refractivity contribution is 5.87. The highest BCUT2D eigenvalue weighted by atomic mass is 16.4. The van der Waals surface area contributed by atoms with Gasteiger partial charge in [-0.2, -0.15) is 5.10 Å². The van der Waals surface area contributed by atoms with E-state index in [0.29, 0.717) is 6.54 Å². The highest BCUT2D eigenvalue weighted by Crippen LogP contribution is 2.25. The summed E-state index contributed by atoms with van der Waals surface area (Å²) in [7, 11) is 3.80. The number of carboxylic acids is 1. The largest absolute Gasteiger partial charge is 0.478 e. The van der Waals surface area contributed by atoms with E-state index in [0.717, 1.165) is 28.7 Å². The van der Waals surface area contributed by atoms with Crippen LogP contribution in [0.2, 0.25) is 0 Å². The van der Waals surface area contributed by atoms with E-state index in [1.165, 1.54) is 0 Å². The molecule has 0 bridgehead atoms. The van der Waals surface area contributed by atoms with Crippen LogP contribution >= 0.6 is 0 Å². The Labute approximate surface area is 123 Å². The summed E-state index contributed by atoms with van der Waals surface area (Å²) in [6.45, 7) is 2.56. The molecule has 0 amide bonds. The van der Waals surface area contributed by atoms with E-state index in [-0.39, 0.29) is 0 Å². The number of aliphatic carboxylic acids is 1. The van der Waals surface area contributed by atoms with Gasteiger partial charge in [0.25, 0.3) is 0 Å². The predicted octanol–water partition coefficient (Wildman–Crippen LogP) is 1.86. The van der Waals surface area contributed by atoms with Crippen molar-refractivity contribution < 1.29 is 9.90 Å². The lowest BCUT2D eigenvalue weighted by Gasteiger charge is -2.20. The van der Waals surface area contributed by atoms with Crippen molar-refractivity contribution in [2.45, 2.75) is 13.5 Å². The van der Waals surface area contributed by atoms with Crippen molar-refractivity contribution in [1.82, 2.24) is 14.8 Å². The number of carboxylic acid groups (broad SMARTS) is 1. The summed E-state index contributed by atoms with van der Waals surface area (Å²) >= 11 is 0. The van der Waals surface area contributed by atoms with Gasteiger partial charge in [-0.1, -0.05) is 0 Å². The Balaban J connectivity index is 2.32. The van der Waals surface area contributed by atoms with E-state index in [9.17, 15) is 4.79 Å². The first kappa shape index (κ1) is 14.8. The van der Waals surface area contributed by atoms with Gasteiger partial charge in [0, 0.05) is 44.7 Å². The minimum absolute atomic E-state index is 0.690. The maximum Gasteiger partial charge on any atom is 0.328 e. The fourth-order valence-electron chi connectivity index (χ4n) is 2.30. The van der Waals surface area contributed by atoms with E-state index in [2.05, 4.69) is 10.1 Å². The third-order valence-corrected chi connectivity index (χ3v) is 3.16. The molecular formula is C15H18N4O2. The van der Waals surface area contributed by atoms with Gasteiger partial charge in [-0.05, 0) is 30.7 Å². The maximum absolute atomic E-state index is 10.7. The molecule has 0 saturated carbocycles. The van der Waals surface area contributed by atoms with Crippen LogP contribution in [0.5, 0.6) is 0 Å². The second-order valence-corrected chi connectivity index (χ2v) is 4.83. The monoisotopic (exact) mass is 286 g/mol. The number of aromatic nitrogens is 3. The second-order valence-electron chi connectivity index (χ2n) is 4.83. The number of rotatable bonds is 5. The summed E-state index contributed by atoms with van der Waals surface area (Å²) in [6, 6.07) is 3.90. The second kappa shape index (κ2) is 6.21. The van der Waals surface area contributed by atoms with Crippen molar-refractivity contribution in [3.05, 3.63) is 47.4 Å². The standard InChI is InChI=1S/C15H18N4O2/c1-11-13(4-5-14(20)21)15(19(3)17-11)18(2)10-12-6-8-16-9-7-12/h4-9H,10H2,1-3H3,(H,20,21)/b5-4+. The summed E-state index contributed by atoms with van der Waals surface area (Å²) in [5.74, 6) is -0.0946. The zero-order valence-electron chi connectivity index (χ0n) is 12.3. The Bertz CT molecular complexity index is 662. The van der Waals surface area contributed by atoms with E-state index in [1.54, 1.807) is 23.2 Å². The van der Waals surface area contributed by atoms with Gasteiger partial charge in [0.05, 0.1) is 5.69 Å². The topological polar surface area (TPSA) is 71.2 Å². The summed E-state index contributed by atoms with van der Waals surface area (Å²) in [4.78, 5) is 16.8. The van der Waals surface area contributed by atoms with Crippen LogP contribution in [0.3, 0.4) is 0 Å². The third-order valence-electron chi connectivity index (χ3n) is 3.16. The van der Waals surface area contributed by atoms with Gasteiger partial charge in [-0.3, -0.25) is 9.67 Å². The quantitative estimate of drug-likeness (QED) is 0.849. The number of carbonyl (C=O) groups is 1. The molecule has 6 heteroatoms. The Morgan fingerprint density at radius 2 is 2.10 bits per heavy atom. The molecule has 21 heavy (non-hydrogen) atoms. The van der Waals surface area contributed by atoms with E-state index < -0.39 is 5.97 Å². The van der Waals surface area contributed by atoms with Crippen LogP contribution in [0.15, 0.2) is 30.6 Å². The third kappa shape index (κ3) is 3.47. The lowest BCUT2D eigenvalue weighted by atomic mass is 10.2. The van der Waals surface area contributed by atoms with Gasteiger partial charge in [-0.15, -0.1) is 0 Å². The van der Waals surface area contributed by atoms with Crippen LogP contribution in [0.25, 0.3) is 6.08 Å². The molecule has 110 valence electrons. The number of anilines is 1. The maximum atomic E-state index is 10.7. The Kier molecular flexibility index (Phi) is 4.37. The number of aryl methyl sites for hydroxylation is 2. The lowest BCUT2D eigenvalue weighted by Crippen LogP contribution is -2.20. The van der Waals surface area contributed by atoms with Gasteiger partial charge in [0.15, 0.2) is 0 Å². The molecule has 2 heterocycles. The average molecular weight is 286 g/mol. The fourth-order valence-corrected chi connectivity index (χ4v) is 2.30. The Morgan fingerprint density at radius 1 is 1.43 bits per heavy atom. The SMILES string of the molecule is Cc1nn(C)c(N(C)Cc2ccncc2)c1/C=C/C(=O)O. The first-order chi connectivity index (χ1) is 9.99. The molecule has 6 nitrogen and oxygen atoms in total. The average Bonchev–Trinajstić information content (AvgIpc) is 2.71. The number of hydrogen-bond acceptors (Lipinski definition) is 4. The number of nitrogens with zero attached hydrogens (tertiary/aromatic N) is 4. The molecular weight excluding hydrogens is 268 g/mol. The summed E-state index contributed by atoms with van der Waals surface area (Å²) < 4.78 is 1.76. The molecule has 0 saturated heterocycles. The minimum atomic E-state index is -0.971. The molecule has 0 unspecified atom stereocenters. The van der Waals surface area contributed by atoms with Crippen LogP contribution in [-0.4, -0.2) is 32.9 Å². The molecule has 1 N–H and O–H groups in total. The van der Waals surface area contributed by atoms with Crippen LogP contribution in [0, 0.1) is 6.92 Å². The van der Waals surface area contributed by atoms with Gasteiger partial charge < -0.3 is 10.0 Å². The van der Waals surface area contributed by atoms with Crippen molar-refractivity contribution >= 4 is 17.9 Å². The molecule has 0 aliphatic rings. The summed E-state index contributed by atoms with van der Waals surface area (Å²) in [5.41, 5.74) is 2.74. The van der Waals surface area contributed by atoms with Crippen LogP contribution in [0.1, 0.15) is 16.8 Å². The van der Waals surface area contributed by atoms with E-state index in [1.807, 2.05) is 38.1 Å². The summed E-state index contributed by atoms with van der Waals surface area (Å²) in [5, 5.41) is 13.2. The van der Waals surface area contributed by atoms with Crippen molar-refractivity contribution in [3.8, 4) is 0 Å². The van der Waals surface area contributed by atoms with Crippen LogP contribution in [0.4, 0.5) is 5.82 Å². The molecule has 0 aliphatic carbocycles. The first-order valence-electron chi connectivity index (χ1n) is 6.53. The van der Waals surface area contributed by atoms with Crippen LogP contribution in [-0.2, 0) is 18.4 Å². The molecule has 2 aromatic rings. The number of pyridine rings is 1. The molecule has 0 aromatic carbocycles. The molecule has 0 spiro atoms. The smallest absolute Gasteiger partial charge is 0.328 e. The highest BCUT2D eigenvalue weighted by Gasteiger charge is 2.15. The Hall–Kier alpha value is -2.63. The lowest BCUT2D eigenvalue weighted by molar-refractivity contribution is -0.131. The van der Waals surface area contributed by atoms with Gasteiger partial charge in [0.1, 0.15) is 5.82 Å². The molecule has 2 aromatic heterocycles. The van der Waals surface area contributed by atoms with Crippen molar-refractivity contribution in [3.63, 3.8) is 0 Å². The predicted molar refractivity (Wildman–Crippen MR) is 81.0 cm³/mol. The Morgan fingerprint density at radius 3 is 2.71 bits per heavy atom.